The van der Waals surface area contributed by atoms with Gasteiger partial charge in [0.2, 0.25) is 5.82 Å². The van der Waals surface area contributed by atoms with Crippen molar-refractivity contribution < 1.29 is 4.52 Å². The molecule has 0 amide bonds. The monoisotopic (exact) mass is 366 g/mol. The van der Waals surface area contributed by atoms with Crippen molar-refractivity contribution in [3.05, 3.63) is 57.7 Å². The van der Waals surface area contributed by atoms with Crippen molar-refractivity contribution in [2.24, 2.45) is 0 Å². The molecule has 0 spiro atoms. The van der Waals surface area contributed by atoms with Crippen LogP contribution in [0.4, 0.5) is 0 Å². The first-order valence-corrected chi connectivity index (χ1v) is 7.78. The lowest BCUT2D eigenvalue weighted by Gasteiger charge is -1.95. The summed E-state index contributed by atoms with van der Waals surface area (Å²) in [6, 6.07) is 11.7. The summed E-state index contributed by atoms with van der Waals surface area (Å²) < 4.78 is 6.17. The van der Waals surface area contributed by atoms with Crippen LogP contribution in [0.3, 0.4) is 0 Å². The summed E-state index contributed by atoms with van der Waals surface area (Å²) in [5, 5.41) is 6.31. The zero-order chi connectivity index (χ0) is 13.9. The van der Waals surface area contributed by atoms with Crippen molar-refractivity contribution in [1.82, 2.24) is 10.1 Å². The van der Waals surface area contributed by atoms with Crippen LogP contribution in [0.1, 0.15) is 11.5 Å². The van der Waals surface area contributed by atoms with Crippen LogP contribution in [0.15, 0.2) is 50.8 Å². The second-order valence-electron chi connectivity index (χ2n) is 3.95. The van der Waals surface area contributed by atoms with E-state index in [0.717, 1.165) is 14.9 Å². The molecule has 0 unspecified atom stereocenters. The lowest BCUT2D eigenvalue weighted by atomic mass is 10.2. The summed E-state index contributed by atoms with van der Waals surface area (Å²) in [5.41, 5.74) is 0.959. The van der Waals surface area contributed by atoms with E-state index in [0.29, 0.717) is 16.7 Å². The molecule has 0 atom stereocenters. The molecule has 0 radical (unpaired) electrons. The number of hydrogen-bond donors (Lipinski definition) is 0. The Morgan fingerprint density at radius 3 is 2.95 bits per heavy atom. The van der Waals surface area contributed by atoms with E-state index in [1.807, 2.05) is 41.8 Å². The molecule has 3 rings (SSSR count). The predicted octanol–water partition coefficient (Wildman–Crippen LogP) is 5.30. The van der Waals surface area contributed by atoms with Crippen LogP contribution < -0.4 is 0 Å². The highest BCUT2D eigenvalue weighted by molar-refractivity contribution is 9.10. The number of thiophene rings is 1. The molecule has 0 saturated heterocycles. The standard InChI is InChI=1S/C14H8BrClN2OS/c15-10-4-1-3-9(7-10)8-11(16)14-17-13(18-19-14)12-5-2-6-20-12/h1-8H. The fourth-order valence-corrected chi connectivity index (χ4v) is 2.90. The van der Waals surface area contributed by atoms with Crippen LogP contribution in [-0.2, 0) is 0 Å². The second-order valence-corrected chi connectivity index (χ2v) is 6.22. The van der Waals surface area contributed by atoms with E-state index in [9.17, 15) is 0 Å². The van der Waals surface area contributed by atoms with Crippen LogP contribution in [0.25, 0.3) is 21.8 Å². The van der Waals surface area contributed by atoms with E-state index in [1.54, 1.807) is 17.4 Å². The average molecular weight is 368 g/mol. The Morgan fingerprint density at radius 1 is 1.30 bits per heavy atom. The fraction of sp³-hybridized carbons (Fsp3) is 0. The minimum absolute atomic E-state index is 0.315. The van der Waals surface area contributed by atoms with Crippen molar-refractivity contribution in [3.8, 4) is 10.7 Å². The maximum absolute atomic E-state index is 6.22. The Kier molecular flexibility index (Phi) is 4.00. The van der Waals surface area contributed by atoms with Gasteiger partial charge in [-0.25, -0.2) is 0 Å². The zero-order valence-corrected chi connectivity index (χ0v) is 13.2. The van der Waals surface area contributed by atoms with Crippen molar-refractivity contribution in [3.63, 3.8) is 0 Å². The van der Waals surface area contributed by atoms with Crippen LogP contribution in [-0.4, -0.2) is 10.1 Å². The molecule has 0 N–H and O–H groups in total. The molecule has 100 valence electrons. The minimum Gasteiger partial charge on any atom is -0.333 e. The zero-order valence-electron chi connectivity index (χ0n) is 10.1. The lowest BCUT2D eigenvalue weighted by Crippen LogP contribution is -1.79. The summed E-state index contributed by atoms with van der Waals surface area (Å²) in [6.07, 6.45) is 1.79. The molecule has 2 heterocycles. The highest BCUT2D eigenvalue weighted by atomic mass is 79.9. The van der Waals surface area contributed by atoms with Gasteiger partial charge in [0, 0.05) is 4.47 Å². The van der Waals surface area contributed by atoms with Gasteiger partial charge in [-0.05, 0) is 35.2 Å². The van der Waals surface area contributed by atoms with Gasteiger partial charge in [0.15, 0.2) is 0 Å². The van der Waals surface area contributed by atoms with Crippen molar-refractivity contribution in [1.29, 1.82) is 0 Å². The molecule has 20 heavy (non-hydrogen) atoms. The van der Waals surface area contributed by atoms with Gasteiger partial charge in [-0.15, -0.1) is 11.3 Å². The number of aromatic nitrogens is 2. The number of rotatable bonds is 3. The normalized spacial score (nSPS) is 11.8. The van der Waals surface area contributed by atoms with Gasteiger partial charge < -0.3 is 4.52 Å². The Bertz CT molecular complexity index is 752. The largest absolute Gasteiger partial charge is 0.333 e. The molecular formula is C14H8BrClN2OS. The third-order valence-corrected chi connectivity index (χ3v) is 4.14. The molecule has 0 aliphatic carbocycles. The first-order chi connectivity index (χ1) is 9.72. The summed E-state index contributed by atoms with van der Waals surface area (Å²) >= 11 is 11.2. The molecule has 3 nitrogen and oxygen atoms in total. The average Bonchev–Trinajstić information content (AvgIpc) is 3.10. The van der Waals surface area contributed by atoms with Crippen LogP contribution in [0, 0.1) is 0 Å². The fourth-order valence-electron chi connectivity index (χ4n) is 1.63. The third kappa shape index (κ3) is 3.00. The van der Waals surface area contributed by atoms with Crippen LogP contribution in [0.5, 0.6) is 0 Å². The maximum Gasteiger partial charge on any atom is 0.269 e. The Balaban J connectivity index is 1.89. The SMILES string of the molecule is ClC(=Cc1cccc(Br)c1)c1nc(-c2cccs2)no1. The smallest absolute Gasteiger partial charge is 0.269 e. The van der Waals surface area contributed by atoms with Crippen LogP contribution >= 0.6 is 38.9 Å². The van der Waals surface area contributed by atoms with Gasteiger partial charge in [-0.1, -0.05) is 50.9 Å². The number of hydrogen-bond acceptors (Lipinski definition) is 4. The summed E-state index contributed by atoms with van der Waals surface area (Å²) in [6.45, 7) is 0. The number of nitrogens with zero attached hydrogens (tertiary/aromatic N) is 2. The number of benzene rings is 1. The molecule has 0 aliphatic heterocycles. The van der Waals surface area contributed by atoms with E-state index in [-0.39, 0.29) is 0 Å². The molecule has 0 aliphatic rings. The van der Waals surface area contributed by atoms with Crippen molar-refractivity contribution in [2.45, 2.75) is 0 Å². The van der Waals surface area contributed by atoms with Gasteiger partial charge in [0.1, 0.15) is 5.03 Å². The molecule has 6 heteroatoms. The first kappa shape index (κ1) is 13.5. The van der Waals surface area contributed by atoms with Gasteiger partial charge in [0.25, 0.3) is 5.89 Å². The minimum atomic E-state index is 0.315. The molecular weight excluding hydrogens is 360 g/mol. The quantitative estimate of drug-likeness (QED) is 0.630. The van der Waals surface area contributed by atoms with Gasteiger partial charge >= 0.3 is 0 Å². The molecule has 2 aromatic heterocycles. The number of halogens is 2. The van der Waals surface area contributed by atoms with E-state index >= 15 is 0 Å². The Morgan fingerprint density at radius 2 is 2.20 bits per heavy atom. The summed E-state index contributed by atoms with van der Waals surface area (Å²) in [5.74, 6) is 0.867. The third-order valence-electron chi connectivity index (χ3n) is 2.51. The topological polar surface area (TPSA) is 38.9 Å². The molecule has 3 aromatic rings. The predicted molar refractivity (Wildman–Crippen MR) is 85.5 cm³/mol. The summed E-state index contributed by atoms with van der Waals surface area (Å²) in [4.78, 5) is 5.24. The van der Waals surface area contributed by atoms with Crippen LogP contribution in [0.2, 0.25) is 0 Å². The highest BCUT2D eigenvalue weighted by Crippen LogP contribution is 2.26. The van der Waals surface area contributed by atoms with E-state index in [1.165, 1.54) is 0 Å². The molecule has 0 bridgehead atoms. The van der Waals surface area contributed by atoms with E-state index in [4.69, 9.17) is 16.1 Å². The van der Waals surface area contributed by atoms with Crippen molar-refractivity contribution >= 4 is 50.0 Å². The highest BCUT2D eigenvalue weighted by Gasteiger charge is 2.12. The van der Waals surface area contributed by atoms with Gasteiger partial charge in [-0.2, -0.15) is 4.98 Å². The maximum atomic E-state index is 6.22. The van der Waals surface area contributed by atoms with Crippen molar-refractivity contribution in [2.75, 3.05) is 0 Å². The van der Waals surface area contributed by atoms with E-state index in [2.05, 4.69) is 26.1 Å². The van der Waals surface area contributed by atoms with Gasteiger partial charge in [0.05, 0.1) is 4.88 Å². The Hall–Kier alpha value is -1.43. The molecule has 1 aromatic carbocycles. The molecule has 0 saturated carbocycles. The lowest BCUT2D eigenvalue weighted by molar-refractivity contribution is 0.410. The Labute approximate surface area is 133 Å². The molecule has 0 fully saturated rings. The van der Waals surface area contributed by atoms with Gasteiger partial charge in [-0.3, -0.25) is 0 Å². The first-order valence-electron chi connectivity index (χ1n) is 5.73. The van der Waals surface area contributed by atoms with E-state index < -0.39 is 0 Å². The summed E-state index contributed by atoms with van der Waals surface area (Å²) in [7, 11) is 0. The second kappa shape index (κ2) is 5.91.